The Morgan fingerprint density at radius 2 is 2.10 bits per heavy atom. The van der Waals surface area contributed by atoms with Crippen LogP contribution in [0.15, 0.2) is 15.8 Å². The maximum Gasteiger partial charge on any atom is 0.350 e. The fourth-order valence-corrected chi connectivity index (χ4v) is 1.36. The second-order valence-electron chi connectivity index (χ2n) is 3.68. The molecule has 10 heteroatoms. The zero-order valence-corrected chi connectivity index (χ0v) is 10.5. The van der Waals surface area contributed by atoms with Crippen molar-refractivity contribution in [1.82, 2.24) is 9.55 Å². The summed E-state index contributed by atoms with van der Waals surface area (Å²) in [7, 11) is 0. The lowest BCUT2D eigenvalue weighted by Gasteiger charge is -2.04. The molecule has 0 bridgehead atoms. The lowest BCUT2D eigenvalue weighted by molar-refractivity contribution is -0.386. The Labute approximate surface area is 111 Å². The van der Waals surface area contributed by atoms with Crippen LogP contribution in [0.4, 0.5) is 5.69 Å². The summed E-state index contributed by atoms with van der Waals surface area (Å²) in [6.45, 7) is 1.10. The van der Waals surface area contributed by atoms with Crippen molar-refractivity contribution in [1.29, 1.82) is 0 Å². The molecule has 0 aliphatic heterocycles. The topological polar surface area (TPSA) is 141 Å². The lowest BCUT2D eigenvalue weighted by atomic mass is 10.3. The number of nitrogens with one attached hydrogen (secondary N) is 1. The number of carbonyl (C=O) groups excluding carboxylic acids is 2. The first-order valence-corrected chi connectivity index (χ1v) is 5.50. The molecule has 0 aliphatic rings. The molecule has 1 aromatic rings. The summed E-state index contributed by atoms with van der Waals surface area (Å²) in [6.07, 6.45) is 0.0947. The Balaban J connectivity index is 2.93. The number of H-pyrrole nitrogens is 1. The number of ether oxygens (including phenoxy) is 1. The van der Waals surface area contributed by atoms with Crippen LogP contribution in [0.3, 0.4) is 0 Å². The van der Waals surface area contributed by atoms with Gasteiger partial charge in [-0.2, -0.15) is 0 Å². The molecule has 1 N–H and O–H groups in total. The molecule has 1 aromatic heterocycles. The van der Waals surface area contributed by atoms with E-state index in [1.54, 1.807) is 11.9 Å². The SMILES string of the molecule is CCOC(=O)CC(=O)Cn1cc([N+](=O)[O-])c(=O)[nH]c1=O. The van der Waals surface area contributed by atoms with Crippen LogP contribution in [0.2, 0.25) is 0 Å². The molecule has 0 radical (unpaired) electrons. The van der Waals surface area contributed by atoms with Crippen LogP contribution in [0.1, 0.15) is 13.3 Å². The minimum absolute atomic E-state index is 0.107. The second-order valence-corrected chi connectivity index (χ2v) is 3.68. The molecule has 0 fully saturated rings. The number of esters is 1. The predicted octanol–water partition coefficient (Wildman–Crippen LogP) is -1.03. The summed E-state index contributed by atoms with van der Waals surface area (Å²) in [5, 5.41) is 10.5. The zero-order valence-electron chi connectivity index (χ0n) is 10.5. The van der Waals surface area contributed by atoms with Gasteiger partial charge in [-0.3, -0.25) is 34.0 Å². The first-order valence-electron chi connectivity index (χ1n) is 5.50. The molecule has 0 spiro atoms. The Hall–Kier alpha value is -2.78. The number of Topliss-reactive ketones (excluding diaryl/α,β-unsaturated/α-hetero) is 1. The van der Waals surface area contributed by atoms with Gasteiger partial charge in [0.25, 0.3) is 0 Å². The van der Waals surface area contributed by atoms with Crippen molar-refractivity contribution in [3.63, 3.8) is 0 Å². The summed E-state index contributed by atoms with van der Waals surface area (Å²) < 4.78 is 5.20. The van der Waals surface area contributed by atoms with Gasteiger partial charge >= 0.3 is 22.9 Å². The van der Waals surface area contributed by atoms with Gasteiger partial charge in [-0.1, -0.05) is 0 Å². The molecule has 0 unspecified atom stereocenters. The van der Waals surface area contributed by atoms with Crippen molar-refractivity contribution in [2.24, 2.45) is 0 Å². The summed E-state index contributed by atoms with van der Waals surface area (Å²) >= 11 is 0. The molecular formula is C10H11N3O7. The quantitative estimate of drug-likeness (QED) is 0.304. The highest BCUT2D eigenvalue weighted by Gasteiger charge is 2.17. The number of nitrogens with zero attached hydrogens (tertiary/aromatic N) is 2. The lowest BCUT2D eigenvalue weighted by Crippen LogP contribution is -2.33. The number of rotatable bonds is 6. The van der Waals surface area contributed by atoms with Gasteiger partial charge in [0.1, 0.15) is 6.42 Å². The third kappa shape index (κ3) is 3.86. The molecular weight excluding hydrogens is 274 g/mol. The van der Waals surface area contributed by atoms with Crippen molar-refractivity contribution >= 4 is 17.4 Å². The summed E-state index contributed by atoms with van der Waals surface area (Å²) in [5.74, 6) is -1.43. The van der Waals surface area contributed by atoms with Gasteiger partial charge in [-0.05, 0) is 6.92 Å². The number of aromatic nitrogens is 2. The third-order valence-corrected chi connectivity index (χ3v) is 2.18. The first-order chi connectivity index (χ1) is 9.35. The highest BCUT2D eigenvalue weighted by molar-refractivity contribution is 5.95. The predicted molar refractivity (Wildman–Crippen MR) is 64.2 cm³/mol. The first kappa shape index (κ1) is 15.3. The number of hydrogen-bond donors (Lipinski definition) is 1. The third-order valence-electron chi connectivity index (χ3n) is 2.18. The minimum atomic E-state index is -1.16. The van der Waals surface area contributed by atoms with Crippen LogP contribution < -0.4 is 11.2 Å². The largest absolute Gasteiger partial charge is 0.466 e. The number of ketones is 1. The van der Waals surface area contributed by atoms with E-state index in [0.29, 0.717) is 10.8 Å². The Morgan fingerprint density at radius 1 is 1.45 bits per heavy atom. The van der Waals surface area contributed by atoms with E-state index in [2.05, 4.69) is 4.74 Å². The Morgan fingerprint density at radius 3 is 2.65 bits per heavy atom. The molecule has 108 valence electrons. The van der Waals surface area contributed by atoms with Crippen LogP contribution in [0, 0.1) is 10.1 Å². The van der Waals surface area contributed by atoms with E-state index in [4.69, 9.17) is 0 Å². The summed E-state index contributed by atoms with van der Waals surface area (Å²) in [4.78, 5) is 56.3. The smallest absolute Gasteiger partial charge is 0.350 e. The van der Waals surface area contributed by atoms with Gasteiger partial charge in [-0.15, -0.1) is 0 Å². The second kappa shape index (κ2) is 6.41. The standard InChI is InChI=1S/C10H11N3O7/c1-2-20-8(15)3-6(14)4-12-5-7(13(18)19)9(16)11-10(12)17/h5H,2-4H2,1H3,(H,11,16,17). The molecule has 10 nitrogen and oxygen atoms in total. The number of carbonyl (C=O) groups is 2. The molecule has 0 aliphatic carbocycles. The number of hydrogen-bond acceptors (Lipinski definition) is 7. The van der Waals surface area contributed by atoms with Gasteiger partial charge in [0.05, 0.1) is 24.3 Å². The van der Waals surface area contributed by atoms with Crippen LogP contribution in [-0.4, -0.2) is 32.8 Å². The van der Waals surface area contributed by atoms with Crippen LogP contribution in [-0.2, 0) is 20.9 Å². The monoisotopic (exact) mass is 285 g/mol. The maximum atomic E-state index is 11.5. The van der Waals surface area contributed by atoms with Crippen molar-refractivity contribution in [3.8, 4) is 0 Å². The average molecular weight is 285 g/mol. The molecule has 1 heterocycles. The summed E-state index contributed by atoms with van der Waals surface area (Å²) in [5.41, 5.74) is -3.00. The molecule has 0 atom stereocenters. The number of aromatic amines is 1. The van der Waals surface area contributed by atoms with Gasteiger partial charge in [0, 0.05) is 0 Å². The average Bonchev–Trinajstić information content (AvgIpc) is 2.32. The van der Waals surface area contributed by atoms with E-state index >= 15 is 0 Å². The van der Waals surface area contributed by atoms with E-state index < -0.39 is 46.6 Å². The fourth-order valence-electron chi connectivity index (χ4n) is 1.36. The van der Waals surface area contributed by atoms with Gasteiger partial charge < -0.3 is 4.74 Å². The van der Waals surface area contributed by atoms with E-state index in [0.717, 1.165) is 0 Å². The molecule has 0 aromatic carbocycles. The van der Waals surface area contributed by atoms with Crippen molar-refractivity contribution < 1.29 is 19.2 Å². The van der Waals surface area contributed by atoms with Gasteiger partial charge in [0.15, 0.2) is 5.78 Å². The van der Waals surface area contributed by atoms with E-state index in [9.17, 15) is 29.3 Å². The van der Waals surface area contributed by atoms with Crippen LogP contribution in [0.5, 0.6) is 0 Å². The normalized spacial score (nSPS) is 10.1. The highest BCUT2D eigenvalue weighted by atomic mass is 16.6. The van der Waals surface area contributed by atoms with Crippen LogP contribution >= 0.6 is 0 Å². The molecule has 20 heavy (non-hydrogen) atoms. The van der Waals surface area contributed by atoms with E-state index in [-0.39, 0.29) is 6.61 Å². The molecule has 0 saturated heterocycles. The molecule has 1 rings (SSSR count). The van der Waals surface area contributed by atoms with Crippen molar-refractivity contribution in [3.05, 3.63) is 37.1 Å². The molecule has 0 saturated carbocycles. The minimum Gasteiger partial charge on any atom is -0.466 e. The Bertz CT molecular complexity index is 658. The van der Waals surface area contributed by atoms with E-state index in [1.807, 2.05) is 0 Å². The van der Waals surface area contributed by atoms with Crippen molar-refractivity contribution in [2.45, 2.75) is 19.9 Å². The van der Waals surface area contributed by atoms with Crippen LogP contribution in [0.25, 0.3) is 0 Å². The Kier molecular flexibility index (Phi) is 4.89. The maximum absolute atomic E-state index is 11.5. The number of nitro groups is 1. The molecule has 0 amide bonds. The zero-order chi connectivity index (χ0) is 15.3. The fraction of sp³-hybridized carbons (Fsp3) is 0.400. The summed E-state index contributed by atoms with van der Waals surface area (Å²) in [6, 6.07) is 0. The van der Waals surface area contributed by atoms with E-state index in [1.165, 1.54) is 0 Å². The van der Waals surface area contributed by atoms with Gasteiger partial charge in [0.2, 0.25) is 0 Å². The van der Waals surface area contributed by atoms with Crippen molar-refractivity contribution in [2.75, 3.05) is 6.61 Å². The highest BCUT2D eigenvalue weighted by Crippen LogP contribution is 2.00. The van der Waals surface area contributed by atoms with Gasteiger partial charge in [-0.25, -0.2) is 4.79 Å².